The van der Waals surface area contributed by atoms with Crippen LogP contribution < -0.4 is 16.0 Å². The van der Waals surface area contributed by atoms with E-state index in [9.17, 15) is 4.79 Å². The van der Waals surface area contributed by atoms with E-state index >= 15 is 0 Å². The maximum absolute atomic E-state index is 11.5. The first kappa shape index (κ1) is 9.98. The lowest BCUT2D eigenvalue weighted by molar-refractivity contribution is 0.252. The summed E-state index contributed by atoms with van der Waals surface area (Å²) in [5.74, 6) is 0. The first-order valence-electron chi connectivity index (χ1n) is 5.08. The van der Waals surface area contributed by atoms with Crippen molar-refractivity contribution in [3.63, 3.8) is 0 Å². The molecule has 0 aromatic heterocycles. The van der Waals surface area contributed by atoms with E-state index in [2.05, 4.69) is 5.32 Å². The van der Waals surface area contributed by atoms with Crippen molar-refractivity contribution in [1.82, 2.24) is 5.32 Å². The van der Waals surface area contributed by atoms with Crippen molar-refractivity contribution in [1.29, 1.82) is 0 Å². The molecular formula is C11H15N3O. The lowest BCUT2D eigenvalue weighted by atomic mass is 10.2. The summed E-state index contributed by atoms with van der Waals surface area (Å²) in [4.78, 5) is 13.3. The predicted molar refractivity (Wildman–Crippen MR) is 59.7 cm³/mol. The molecule has 0 spiro atoms. The molecule has 3 N–H and O–H groups in total. The van der Waals surface area contributed by atoms with Gasteiger partial charge in [0.1, 0.15) is 0 Å². The molecule has 1 aliphatic heterocycles. The molecule has 1 aromatic carbocycles. The maximum Gasteiger partial charge on any atom is 0.322 e. The molecule has 1 atom stereocenters. The van der Waals surface area contributed by atoms with Crippen LogP contribution in [-0.4, -0.2) is 18.6 Å². The van der Waals surface area contributed by atoms with Crippen molar-refractivity contribution in [3.8, 4) is 0 Å². The summed E-state index contributed by atoms with van der Waals surface area (Å²) in [7, 11) is 0. The lowest BCUT2D eigenvalue weighted by Gasteiger charge is -2.19. The van der Waals surface area contributed by atoms with Gasteiger partial charge in [0.05, 0.1) is 6.04 Å². The van der Waals surface area contributed by atoms with Crippen LogP contribution in [0.4, 0.5) is 10.5 Å². The number of amides is 2. The van der Waals surface area contributed by atoms with E-state index in [0.717, 1.165) is 11.3 Å². The summed E-state index contributed by atoms with van der Waals surface area (Å²) < 4.78 is 0. The largest absolute Gasteiger partial charge is 0.336 e. The highest BCUT2D eigenvalue weighted by Crippen LogP contribution is 2.20. The van der Waals surface area contributed by atoms with Crippen molar-refractivity contribution < 1.29 is 4.79 Å². The minimum Gasteiger partial charge on any atom is -0.336 e. The number of nitrogens with zero attached hydrogens (tertiary/aromatic N) is 1. The van der Waals surface area contributed by atoms with Crippen LogP contribution in [0.1, 0.15) is 12.5 Å². The third-order valence-electron chi connectivity index (χ3n) is 2.66. The molecule has 1 unspecified atom stereocenters. The predicted octanol–water partition coefficient (Wildman–Crippen LogP) is 1.06. The van der Waals surface area contributed by atoms with Crippen molar-refractivity contribution in [2.45, 2.75) is 19.5 Å². The van der Waals surface area contributed by atoms with Gasteiger partial charge in [0.15, 0.2) is 0 Å². The van der Waals surface area contributed by atoms with Crippen LogP contribution in [0.15, 0.2) is 24.3 Å². The number of urea groups is 1. The number of nitrogens with one attached hydrogen (secondary N) is 1. The Balaban J connectivity index is 2.25. The second kappa shape index (κ2) is 3.90. The summed E-state index contributed by atoms with van der Waals surface area (Å²) in [6, 6.07) is 7.96. The van der Waals surface area contributed by atoms with Crippen molar-refractivity contribution in [2.75, 3.05) is 11.4 Å². The Hall–Kier alpha value is -1.55. The fourth-order valence-electron chi connectivity index (χ4n) is 1.78. The average Bonchev–Trinajstić information content (AvgIpc) is 2.59. The fraction of sp³-hybridized carbons (Fsp3) is 0.364. The number of anilines is 1. The Morgan fingerprint density at radius 1 is 1.47 bits per heavy atom. The summed E-state index contributed by atoms with van der Waals surface area (Å²) >= 11 is 0. The van der Waals surface area contributed by atoms with Gasteiger partial charge in [-0.2, -0.15) is 0 Å². The first-order chi connectivity index (χ1) is 7.22. The number of nitrogens with two attached hydrogens (primary N) is 1. The highest BCUT2D eigenvalue weighted by Gasteiger charge is 2.27. The van der Waals surface area contributed by atoms with E-state index in [0.29, 0.717) is 13.1 Å². The van der Waals surface area contributed by atoms with Gasteiger partial charge in [-0.15, -0.1) is 0 Å². The molecule has 1 aromatic rings. The van der Waals surface area contributed by atoms with Crippen LogP contribution >= 0.6 is 0 Å². The Morgan fingerprint density at radius 2 is 2.13 bits per heavy atom. The Bertz CT molecular complexity index is 361. The third-order valence-corrected chi connectivity index (χ3v) is 2.66. The number of rotatable bonds is 2. The van der Waals surface area contributed by atoms with E-state index in [4.69, 9.17) is 5.73 Å². The summed E-state index contributed by atoms with van der Waals surface area (Å²) in [6.45, 7) is 3.26. The van der Waals surface area contributed by atoms with E-state index in [-0.39, 0.29) is 12.1 Å². The lowest BCUT2D eigenvalue weighted by Crippen LogP contribution is -2.32. The quantitative estimate of drug-likeness (QED) is 0.758. The maximum atomic E-state index is 11.5. The van der Waals surface area contributed by atoms with Gasteiger partial charge < -0.3 is 11.1 Å². The Kier molecular flexibility index (Phi) is 2.60. The molecule has 2 amide bonds. The highest BCUT2D eigenvalue weighted by atomic mass is 16.2. The molecule has 4 nitrogen and oxygen atoms in total. The molecule has 4 heteroatoms. The van der Waals surface area contributed by atoms with Crippen LogP contribution in [0.25, 0.3) is 0 Å². The Morgan fingerprint density at radius 3 is 2.60 bits per heavy atom. The Labute approximate surface area is 89.1 Å². The van der Waals surface area contributed by atoms with Crippen LogP contribution in [0.5, 0.6) is 0 Å². The highest BCUT2D eigenvalue weighted by molar-refractivity contribution is 5.94. The molecule has 1 aliphatic rings. The van der Waals surface area contributed by atoms with Gasteiger partial charge in [-0.1, -0.05) is 12.1 Å². The first-order valence-corrected chi connectivity index (χ1v) is 5.08. The van der Waals surface area contributed by atoms with Crippen LogP contribution in [0.3, 0.4) is 0 Å². The number of benzene rings is 1. The number of carbonyl (C=O) groups excluding carboxylic acids is 1. The molecule has 15 heavy (non-hydrogen) atoms. The SMILES string of the molecule is CC1CNC(=O)N1c1ccc(CN)cc1. The zero-order chi connectivity index (χ0) is 10.8. The van der Waals surface area contributed by atoms with Gasteiger partial charge in [-0.05, 0) is 24.6 Å². The topological polar surface area (TPSA) is 58.4 Å². The van der Waals surface area contributed by atoms with Gasteiger partial charge in [-0.3, -0.25) is 4.90 Å². The minimum atomic E-state index is -0.0250. The van der Waals surface area contributed by atoms with E-state index in [1.54, 1.807) is 4.90 Å². The molecule has 1 heterocycles. The fourth-order valence-corrected chi connectivity index (χ4v) is 1.78. The molecule has 80 valence electrons. The zero-order valence-corrected chi connectivity index (χ0v) is 8.73. The van der Waals surface area contributed by atoms with Crippen LogP contribution in [-0.2, 0) is 6.54 Å². The minimum absolute atomic E-state index is 0.0250. The molecule has 0 bridgehead atoms. The monoisotopic (exact) mass is 205 g/mol. The van der Waals surface area contributed by atoms with Crippen molar-refractivity contribution in [3.05, 3.63) is 29.8 Å². The molecule has 1 saturated heterocycles. The second-order valence-corrected chi connectivity index (χ2v) is 3.78. The smallest absolute Gasteiger partial charge is 0.322 e. The number of carbonyl (C=O) groups is 1. The van der Waals surface area contributed by atoms with Gasteiger partial charge in [0.2, 0.25) is 0 Å². The van der Waals surface area contributed by atoms with E-state index in [1.807, 2.05) is 31.2 Å². The van der Waals surface area contributed by atoms with Crippen molar-refractivity contribution in [2.24, 2.45) is 5.73 Å². The molecule has 0 radical (unpaired) electrons. The average molecular weight is 205 g/mol. The van der Waals surface area contributed by atoms with Crippen LogP contribution in [0, 0.1) is 0 Å². The molecule has 2 rings (SSSR count). The van der Waals surface area contributed by atoms with E-state index in [1.165, 1.54) is 0 Å². The third kappa shape index (κ3) is 1.80. The molecule has 0 saturated carbocycles. The summed E-state index contributed by atoms with van der Waals surface area (Å²) in [6.07, 6.45) is 0. The van der Waals surface area contributed by atoms with Crippen LogP contribution in [0.2, 0.25) is 0 Å². The zero-order valence-electron chi connectivity index (χ0n) is 8.73. The summed E-state index contributed by atoms with van der Waals surface area (Å²) in [5, 5.41) is 2.81. The standard InChI is InChI=1S/C11H15N3O/c1-8-7-13-11(15)14(8)10-4-2-9(6-12)3-5-10/h2-5,8H,6-7,12H2,1H3,(H,13,15). The molecule has 1 fully saturated rings. The van der Waals surface area contributed by atoms with Gasteiger partial charge in [0, 0.05) is 18.8 Å². The van der Waals surface area contributed by atoms with Crippen molar-refractivity contribution >= 4 is 11.7 Å². The number of hydrogen-bond donors (Lipinski definition) is 2. The number of hydrogen-bond acceptors (Lipinski definition) is 2. The normalized spacial score (nSPS) is 20.5. The molecule has 0 aliphatic carbocycles. The van der Waals surface area contributed by atoms with Gasteiger partial charge in [-0.25, -0.2) is 4.79 Å². The second-order valence-electron chi connectivity index (χ2n) is 3.78. The van der Waals surface area contributed by atoms with E-state index < -0.39 is 0 Å². The molecular weight excluding hydrogens is 190 g/mol. The summed E-state index contributed by atoms with van der Waals surface area (Å²) in [5.41, 5.74) is 7.52. The van der Waals surface area contributed by atoms with Gasteiger partial charge >= 0.3 is 6.03 Å². The van der Waals surface area contributed by atoms with Gasteiger partial charge in [0.25, 0.3) is 0 Å².